The zero-order valence-electron chi connectivity index (χ0n) is 16.5. The molecule has 1 aliphatic carbocycles. The smallest absolute Gasteiger partial charge is 0.251 e. The molecule has 0 heterocycles. The highest BCUT2D eigenvalue weighted by Gasteiger charge is 2.25. The van der Waals surface area contributed by atoms with Crippen LogP contribution >= 0.6 is 0 Å². The maximum absolute atomic E-state index is 12.6. The van der Waals surface area contributed by atoms with Gasteiger partial charge in [0.2, 0.25) is 0 Å². The first kappa shape index (κ1) is 19.6. The Morgan fingerprint density at radius 3 is 2.26 bits per heavy atom. The number of rotatable bonds is 6. The van der Waals surface area contributed by atoms with Crippen molar-refractivity contribution in [1.82, 2.24) is 5.32 Å². The van der Waals surface area contributed by atoms with Gasteiger partial charge < -0.3 is 14.8 Å². The fourth-order valence-corrected chi connectivity index (χ4v) is 3.64. The summed E-state index contributed by atoms with van der Waals surface area (Å²) in [5.41, 5.74) is 3.73. The molecule has 27 heavy (non-hydrogen) atoms. The second-order valence-electron chi connectivity index (χ2n) is 7.32. The molecule has 2 aromatic carbocycles. The molecule has 0 spiro atoms. The molecule has 0 unspecified atom stereocenters. The summed E-state index contributed by atoms with van der Waals surface area (Å²) in [4.78, 5) is 12.6. The molecule has 1 amide bonds. The van der Waals surface area contributed by atoms with Crippen LogP contribution in [0, 0.1) is 0 Å². The fourth-order valence-electron chi connectivity index (χ4n) is 3.64. The number of methoxy groups -OCH3 is 2. The van der Waals surface area contributed by atoms with Gasteiger partial charge in [-0.3, -0.25) is 4.79 Å². The lowest BCUT2D eigenvalue weighted by atomic mass is 9.95. The minimum Gasteiger partial charge on any atom is -0.349 e. The van der Waals surface area contributed by atoms with Crippen LogP contribution in [0.5, 0.6) is 0 Å². The Bertz CT molecular complexity index is 759. The molecule has 1 N–H and O–H groups in total. The van der Waals surface area contributed by atoms with Crippen LogP contribution < -0.4 is 5.32 Å². The van der Waals surface area contributed by atoms with Gasteiger partial charge in [0.05, 0.1) is 0 Å². The first-order valence-electron chi connectivity index (χ1n) is 9.68. The molecule has 1 aliphatic rings. The zero-order valence-corrected chi connectivity index (χ0v) is 16.5. The van der Waals surface area contributed by atoms with Gasteiger partial charge in [-0.25, -0.2) is 0 Å². The van der Waals surface area contributed by atoms with Crippen molar-refractivity contribution in [1.29, 1.82) is 0 Å². The van der Waals surface area contributed by atoms with Gasteiger partial charge in [0.15, 0.2) is 5.79 Å². The summed E-state index contributed by atoms with van der Waals surface area (Å²) >= 11 is 0. The monoisotopic (exact) mass is 367 g/mol. The predicted octanol–water partition coefficient (Wildman–Crippen LogP) is 4.88. The van der Waals surface area contributed by atoms with Crippen molar-refractivity contribution >= 4 is 5.91 Å². The van der Waals surface area contributed by atoms with Gasteiger partial charge in [0, 0.05) is 31.4 Å². The molecular formula is C23H29NO3. The average Bonchev–Trinajstić information content (AvgIpc) is 2.74. The van der Waals surface area contributed by atoms with Crippen molar-refractivity contribution in [3.05, 3.63) is 59.7 Å². The third kappa shape index (κ3) is 4.57. The Morgan fingerprint density at radius 1 is 0.963 bits per heavy atom. The van der Waals surface area contributed by atoms with E-state index >= 15 is 0 Å². The van der Waals surface area contributed by atoms with Crippen molar-refractivity contribution in [2.75, 3.05) is 14.2 Å². The topological polar surface area (TPSA) is 47.6 Å². The van der Waals surface area contributed by atoms with Crippen LogP contribution in [-0.4, -0.2) is 26.2 Å². The van der Waals surface area contributed by atoms with Gasteiger partial charge >= 0.3 is 0 Å². The minimum absolute atomic E-state index is 0.0201. The second-order valence-corrected chi connectivity index (χ2v) is 7.32. The number of nitrogens with one attached hydrogen (secondary N) is 1. The number of carbonyl (C=O) groups is 1. The number of carbonyl (C=O) groups excluding carboxylic acids is 1. The first-order valence-corrected chi connectivity index (χ1v) is 9.68. The molecule has 0 aliphatic heterocycles. The predicted molar refractivity (Wildman–Crippen MR) is 108 cm³/mol. The molecule has 0 radical (unpaired) electrons. The summed E-state index contributed by atoms with van der Waals surface area (Å²) in [7, 11) is 3.26. The normalized spacial score (nSPS) is 15.5. The first-order chi connectivity index (χ1) is 13.1. The third-order valence-electron chi connectivity index (χ3n) is 5.59. The summed E-state index contributed by atoms with van der Waals surface area (Å²) in [6.07, 6.45) is 5.87. The number of ether oxygens (including phenoxy) is 2. The van der Waals surface area contributed by atoms with E-state index in [9.17, 15) is 4.79 Å². The molecule has 1 saturated carbocycles. The zero-order chi connectivity index (χ0) is 19.3. The number of hydrogen-bond acceptors (Lipinski definition) is 3. The molecule has 0 saturated heterocycles. The lowest BCUT2D eigenvalue weighted by Gasteiger charge is -2.26. The highest BCUT2D eigenvalue weighted by atomic mass is 16.7. The Labute approximate surface area is 161 Å². The van der Waals surface area contributed by atoms with Gasteiger partial charge in [-0.05, 0) is 43.0 Å². The van der Waals surface area contributed by atoms with Gasteiger partial charge in [0.25, 0.3) is 5.91 Å². The van der Waals surface area contributed by atoms with Gasteiger partial charge in [0.1, 0.15) is 0 Å². The van der Waals surface area contributed by atoms with E-state index in [1.807, 2.05) is 55.5 Å². The largest absolute Gasteiger partial charge is 0.349 e. The Kier molecular flexibility index (Phi) is 6.30. The number of amides is 1. The molecule has 2 aromatic rings. The van der Waals surface area contributed by atoms with Crippen LogP contribution in [0.25, 0.3) is 11.1 Å². The molecule has 0 bridgehead atoms. The van der Waals surface area contributed by atoms with E-state index in [1.54, 1.807) is 14.2 Å². The summed E-state index contributed by atoms with van der Waals surface area (Å²) in [5.74, 6) is -0.744. The number of hydrogen-bond donors (Lipinski definition) is 1. The Hall–Kier alpha value is -2.17. The average molecular weight is 367 g/mol. The van der Waals surface area contributed by atoms with Crippen molar-refractivity contribution in [3.63, 3.8) is 0 Å². The Balaban J connectivity index is 1.76. The van der Waals surface area contributed by atoms with Crippen molar-refractivity contribution in [2.45, 2.75) is 50.9 Å². The summed E-state index contributed by atoms with van der Waals surface area (Å²) in [6, 6.07) is 16.2. The van der Waals surface area contributed by atoms with Crippen LogP contribution in [0.2, 0.25) is 0 Å². The molecular weight excluding hydrogens is 338 g/mol. The molecule has 1 fully saturated rings. The lowest BCUT2D eigenvalue weighted by molar-refractivity contribution is -0.201. The van der Waals surface area contributed by atoms with Crippen molar-refractivity contribution in [2.24, 2.45) is 0 Å². The van der Waals surface area contributed by atoms with E-state index in [4.69, 9.17) is 9.47 Å². The van der Waals surface area contributed by atoms with Crippen molar-refractivity contribution < 1.29 is 14.3 Å². The second kappa shape index (κ2) is 8.68. The van der Waals surface area contributed by atoms with E-state index in [2.05, 4.69) is 5.32 Å². The van der Waals surface area contributed by atoms with Crippen LogP contribution in [0.1, 0.15) is 54.9 Å². The fraction of sp³-hybridized carbons (Fsp3) is 0.435. The maximum atomic E-state index is 12.6. The number of benzene rings is 2. The SMILES string of the molecule is COC(C)(OC)c1ccc(-c2cccc(C(=O)NC3CCCCC3)c2)cc1. The molecule has 4 heteroatoms. The van der Waals surface area contributed by atoms with E-state index in [-0.39, 0.29) is 5.91 Å². The summed E-state index contributed by atoms with van der Waals surface area (Å²) in [5, 5.41) is 3.19. The highest BCUT2D eigenvalue weighted by Crippen LogP contribution is 2.28. The quantitative estimate of drug-likeness (QED) is 0.740. The summed E-state index contributed by atoms with van der Waals surface area (Å²) < 4.78 is 10.9. The standard InChI is InChI=1S/C23H29NO3/c1-23(26-2,27-3)20-14-12-17(13-15-20)18-8-7-9-19(16-18)22(25)24-21-10-5-4-6-11-21/h7-9,12-16,21H,4-6,10-11H2,1-3H3,(H,24,25). The minimum atomic E-state index is -0.764. The van der Waals surface area contributed by atoms with E-state index < -0.39 is 5.79 Å². The summed E-state index contributed by atoms with van der Waals surface area (Å²) in [6.45, 7) is 1.89. The molecule has 4 nitrogen and oxygen atoms in total. The molecule has 0 aromatic heterocycles. The van der Waals surface area contributed by atoms with Crippen LogP contribution in [0.15, 0.2) is 48.5 Å². The molecule has 3 rings (SSSR count). The van der Waals surface area contributed by atoms with Crippen LogP contribution in [0.4, 0.5) is 0 Å². The highest BCUT2D eigenvalue weighted by molar-refractivity contribution is 5.95. The maximum Gasteiger partial charge on any atom is 0.251 e. The van der Waals surface area contributed by atoms with Crippen LogP contribution in [0.3, 0.4) is 0 Å². The Morgan fingerprint density at radius 2 is 1.63 bits per heavy atom. The molecule has 144 valence electrons. The van der Waals surface area contributed by atoms with E-state index in [0.29, 0.717) is 11.6 Å². The third-order valence-corrected chi connectivity index (χ3v) is 5.59. The van der Waals surface area contributed by atoms with Crippen LogP contribution in [-0.2, 0) is 15.3 Å². The van der Waals surface area contributed by atoms with E-state index in [0.717, 1.165) is 29.5 Å². The van der Waals surface area contributed by atoms with Crippen molar-refractivity contribution in [3.8, 4) is 11.1 Å². The lowest BCUT2D eigenvalue weighted by Crippen LogP contribution is -2.36. The van der Waals surface area contributed by atoms with Gasteiger partial charge in [-0.15, -0.1) is 0 Å². The molecule has 0 atom stereocenters. The van der Waals surface area contributed by atoms with E-state index in [1.165, 1.54) is 19.3 Å². The van der Waals surface area contributed by atoms with Gasteiger partial charge in [-0.2, -0.15) is 0 Å². The van der Waals surface area contributed by atoms with Gasteiger partial charge in [-0.1, -0.05) is 55.7 Å².